The maximum absolute atomic E-state index is 5.29. The Hall–Kier alpha value is -1.06. The number of ether oxygens (including phenoxy) is 2. The van der Waals surface area contributed by atoms with Crippen molar-refractivity contribution >= 4 is 0 Å². The largest absolute Gasteiger partial charge is 0.496 e. The van der Waals surface area contributed by atoms with Crippen LogP contribution in [0.2, 0.25) is 0 Å². The second-order valence-corrected chi connectivity index (χ2v) is 3.48. The van der Waals surface area contributed by atoms with Crippen LogP contribution in [0.25, 0.3) is 0 Å². The van der Waals surface area contributed by atoms with Gasteiger partial charge in [0, 0.05) is 25.8 Å². The van der Waals surface area contributed by atoms with Crippen LogP contribution in [0.4, 0.5) is 0 Å². The molecule has 0 heterocycles. The molecule has 0 aliphatic carbocycles. The first-order valence-electron chi connectivity index (χ1n) is 5.11. The summed E-state index contributed by atoms with van der Waals surface area (Å²) >= 11 is 0. The quantitative estimate of drug-likeness (QED) is 0.724. The molecule has 3 nitrogen and oxygen atoms in total. The van der Waals surface area contributed by atoms with Gasteiger partial charge in [0.05, 0.1) is 13.7 Å². The molecule has 0 fully saturated rings. The van der Waals surface area contributed by atoms with Gasteiger partial charge in [-0.15, -0.1) is 0 Å². The molecule has 0 aliphatic heterocycles. The summed E-state index contributed by atoms with van der Waals surface area (Å²) in [6, 6.07) is 6.19. The first-order valence-corrected chi connectivity index (χ1v) is 5.11. The normalized spacial score (nSPS) is 10.3. The van der Waals surface area contributed by atoms with Crippen molar-refractivity contribution in [2.24, 2.45) is 0 Å². The van der Waals surface area contributed by atoms with Crippen molar-refractivity contribution in [3.8, 4) is 5.75 Å². The molecule has 0 saturated heterocycles. The molecule has 0 bridgehead atoms. The van der Waals surface area contributed by atoms with E-state index in [1.165, 1.54) is 11.1 Å². The zero-order valence-corrected chi connectivity index (χ0v) is 9.67. The lowest BCUT2D eigenvalue weighted by atomic mass is 10.1. The second kappa shape index (κ2) is 6.43. The van der Waals surface area contributed by atoms with Gasteiger partial charge in [-0.25, -0.2) is 0 Å². The molecule has 0 amide bonds. The molecule has 1 rings (SSSR count). The van der Waals surface area contributed by atoms with Crippen molar-refractivity contribution in [2.45, 2.75) is 13.5 Å². The lowest BCUT2D eigenvalue weighted by molar-refractivity contribution is 0.199. The molecule has 0 radical (unpaired) electrons. The van der Waals surface area contributed by atoms with Crippen LogP contribution >= 0.6 is 0 Å². The summed E-state index contributed by atoms with van der Waals surface area (Å²) < 4.78 is 10.3. The van der Waals surface area contributed by atoms with Crippen LogP contribution in [0.15, 0.2) is 18.2 Å². The maximum Gasteiger partial charge on any atom is 0.123 e. The Labute approximate surface area is 91.4 Å². The molecule has 0 atom stereocenters. The van der Waals surface area contributed by atoms with Gasteiger partial charge in [-0.3, -0.25) is 0 Å². The van der Waals surface area contributed by atoms with Crippen LogP contribution < -0.4 is 10.1 Å². The van der Waals surface area contributed by atoms with Crippen molar-refractivity contribution in [3.63, 3.8) is 0 Å². The Morgan fingerprint density at radius 2 is 2.07 bits per heavy atom. The van der Waals surface area contributed by atoms with Crippen molar-refractivity contribution in [2.75, 3.05) is 27.4 Å². The van der Waals surface area contributed by atoms with Crippen LogP contribution in [0.3, 0.4) is 0 Å². The van der Waals surface area contributed by atoms with Crippen molar-refractivity contribution in [1.29, 1.82) is 0 Å². The average molecular weight is 209 g/mol. The van der Waals surface area contributed by atoms with Gasteiger partial charge in [0.1, 0.15) is 5.75 Å². The smallest absolute Gasteiger partial charge is 0.123 e. The monoisotopic (exact) mass is 209 g/mol. The van der Waals surface area contributed by atoms with E-state index >= 15 is 0 Å². The summed E-state index contributed by atoms with van der Waals surface area (Å²) in [5.74, 6) is 0.936. The van der Waals surface area contributed by atoms with Gasteiger partial charge >= 0.3 is 0 Å². The SMILES string of the molecule is COCCNCc1cc(C)ccc1OC. The van der Waals surface area contributed by atoms with E-state index in [0.717, 1.165) is 25.4 Å². The van der Waals surface area contributed by atoms with Crippen molar-refractivity contribution in [3.05, 3.63) is 29.3 Å². The molecule has 0 spiro atoms. The highest BCUT2D eigenvalue weighted by atomic mass is 16.5. The third kappa shape index (κ3) is 3.90. The molecular weight excluding hydrogens is 190 g/mol. The van der Waals surface area contributed by atoms with E-state index in [0.29, 0.717) is 0 Å². The highest BCUT2D eigenvalue weighted by molar-refractivity contribution is 5.36. The average Bonchev–Trinajstić information content (AvgIpc) is 2.25. The van der Waals surface area contributed by atoms with Gasteiger partial charge in [0.25, 0.3) is 0 Å². The Morgan fingerprint density at radius 3 is 2.73 bits per heavy atom. The number of benzene rings is 1. The third-order valence-electron chi connectivity index (χ3n) is 2.23. The molecule has 1 aromatic rings. The highest BCUT2D eigenvalue weighted by Crippen LogP contribution is 2.18. The van der Waals surface area contributed by atoms with E-state index in [4.69, 9.17) is 9.47 Å². The summed E-state index contributed by atoms with van der Waals surface area (Å²) in [5, 5.41) is 3.30. The number of rotatable bonds is 6. The molecule has 15 heavy (non-hydrogen) atoms. The van der Waals surface area contributed by atoms with E-state index in [1.807, 2.05) is 6.07 Å². The lowest BCUT2D eigenvalue weighted by Gasteiger charge is -2.10. The molecule has 0 unspecified atom stereocenters. The fourth-order valence-corrected chi connectivity index (χ4v) is 1.44. The van der Waals surface area contributed by atoms with Gasteiger partial charge in [-0.2, -0.15) is 0 Å². The predicted octanol–water partition coefficient (Wildman–Crippen LogP) is 1.74. The van der Waals surface area contributed by atoms with E-state index in [2.05, 4.69) is 24.4 Å². The van der Waals surface area contributed by atoms with Crippen LogP contribution in [0, 0.1) is 6.92 Å². The Kier molecular flexibility index (Phi) is 5.15. The van der Waals surface area contributed by atoms with Crippen LogP contribution in [0.1, 0.15) is 11.1 Å². The molecule has 0 aliphatic rings. The molecule has 1 N–H and O–H groups in total. The number of aryl methyl sites for hydroxylation is 1. The van der Waals surface area contributed by atoms with Crippen LogP contribution in [0.5, 0.6) is 5.75 Å². The van der Waals surface area contributed by atoms with Crippen molar-refractivity contribution < 1.29 is 9.47 Å². The van der Waals surface area contributed by atoms with E-state index in [-0.39, 0.29) is 0 Å². The Morgan fingerprint density at radius 1 is 1.27 bits per heavy atom. The fourth-order valence-electron chi connectivity index (χ4n) is 1.44. The van der Waals surface area contributed by atoms with Crippen LogP contribution in [-0.4, -0.2) is 27.4 Å². The number of nitrogens with one attached hydrogen (secondary N) is 1. The number of hydrogen-bond donors (Lipinski definition) is 1. The third-order valence-corrected chi connectivity index (χ3v) is 2.23. The maximum atomic E-state index is 5.29. The molecule has 84 valence electrons. The van der Waals surface area contributed by atoms with E-state index < -0.39 is 0 Å². The minimum atomic E-state index is 0.730. The summed E-state index contributed by atoms with van der Waals surface area (Å²) in [5.41, 5.74) is 2.44. The standard InChI is InChI=1S/C12H19NO2/c1-10-4-5-12(15-3)11(8-10)9-13-6-7-14-2/h4-5,8,13H,6-7,9H2,1-3H3. The minimum absolute atomic E-state index is 0.730. The molecule has 0 aromatic heterocycles. The summed E-state index contributed by atoms with van der Waals surface area (Å²) in [6.45, 7) is 4.48. The number of methoxy groups -OCH3 is 2. The summed E-state index contributed by atoms with van der Waals surface area (Å²) in [6.07, 6.45) is 0. The zero-order valence-electron chi connectivity index (χ0n) is 9.67. The van der Waals surface area contributed by atoms with Crippen molar-refractivity contribution in [1.82, 2.24) is 5.32 Å². The molecule has 3 heteroatoms. The number of hydrogen-bond acceptors (Lipinski definition) is 3. The molecule has 0 saturated carbocycles. The van der Waals surface area contributed by atoms with Gasteiger partial charge in [-0.1, -0.05) is 17.7 Å². The van der Waals surface area contributed by atoms with Crippen LogP contribution in [-0.2, 0) is 11.3 Å². The summed E-state index contributed by atoms with van der Waals surface area (Å²) in [4.78, 5) is 0. The van der Waals surface area contributed by atoms with Gasteiger partial charge in [0.15, 0.2) is 0 Å². The van der Waals surface area contributed by atoms with E-state index in [1.54, 1.807) is 14.2 Å². The highest BCUT2D eigenvalue weighted by Gasteiger charge is 2.01. The van der Waals surface area contributed by atoms with Gasteiger partial charge in [-0.05, 0) is 13.0 Å². The predicted molar refractivity (Wildman–Crippen MR) is 61.3 cm³/mol. The fraction of sp³-hybridized carbons (Fsp3) is 0.500. The van der Waals surface area contributed by atoms with Gasteiger partial charge < -0.3 is 14.8 Å². The topological polar surface area (TPSA) is 30.5 Å². The van der Waals surface area contributed by atoms with E-state index in [9.17, 15) is 0 Å². The first-order chi connectivity index (χ1) is 7.27. The van der Waals surface area contributed by atoms with Gasteiger partial charge in [0.2, 0.25) is 0 Å². The lowest BCUT2D eigenvalue weighted by Crippen LogP contribution is -2.18. The Bertz CT molecular complexity index is 300. The minimum Gasteiger partial charge on any atom is -0.496 e. The molecular formula is C12H19NO2. The Balaban J connectivity index is 2.54. The first kappa shape index (κ1) is 12.0. The second-order valence-electron chi connectivity index (χ2n) is 3.48. The summed E-state index contributed by atoms with van der Waals surface area (Å²) in [7, 11) is 3.40. The zero-order chi connectivity index (χ0) is 11.1. The molecule has 1 aromatic carbocycles.